The van der Waals surface area contributed by atoms with E-state index in [1.165, 1.54) is 0 Å². The quantitative estimate of drug-likeness (QED) is 0.615. The van der Waals surface area contributed by atoms with Gasteiger partial charge in [0.05, 0.1) is 12.5 Å². The van der Waals surface area contributed by atoms with E-state index in [0.29, 0.717) is 12.6 Å². The van der Waals surface area contributed by atoms with E-state index in [0.717, 1.165) is 18.7 Å². The van der Waals surface area contributed by atoms with Crippen LogP contribution in [0.5, 0.6) is 0 Å². The van der Waals surface area contributed by atoms with Crippen molar-refractivity contribution in [1.29, 1.82) is 0 Å². The van der Waals surface area contributed by atoms with Gasteiger partial charge in [0.1, 0.15) is 0 Å². The van der Waals surface area contributed by atoms with Crippen molar-refractivity contribution < 1.29 is 9.53 Å². The fourth-order valence-corrected chi connectivity index (χ4v) is 2.56. The molecule has 2 unspecified atom stereocenters. The molecule has 16 heavy (non-hydrogen) atoms. The van der Waals surface area contributed by atoms with Crippen LogP contribution in [-0.2, 0) is 9.53 Å². The molecular formula is C12H25NO2S. The Morgan fingerprint density at radius 2 is 2.06 bits per heavy atom. The minimum absolute atomic E-state index is 0.0409. The number of rotatable bonds is 8. The van der Waals surface area contributed by atoms with Crippen LogP contribution >= 0.6 is 11.8 Å². The molecule has 2 atom stereocenters. The van der Waals surface area contributed by atoms with Gasteiger partial charge in [-0.05, 0) is 26.6 Å². The van der Waals surface area contributed by atoms with Crippen LogP contribution < -0.4 is 0 Å². The van der Waals surface area contributed by atoms with Gasteiger partial charge in [-0.25, -0.2) is 0 Å². The topological polar surface area (TPSA) is 29.5 Å². The van der Waals surface area contributed by atoms with Gasteiger partial charge in [0, 0.05) is 18.3 Å². The van der Waals surface area contributed by atoms with E-state index in [1.54, 1.807) is 0 Å². The molecule has 0 spiro atoms. The highest BCUT2D eigenvalue weighted by Gasteiger charge is 2.20. The number of nitrogens with zero attached hydrogens (tertiary/aromatic N) is 1. The second-order valence-corrected chi connectivity index (χ2v) is 5.02. The standard InChI is InChI=1S/C12H25NO2S/c1-6-11(9-16-5)13(4)8-10(3)12(14)15-7-2/h10-11H,6-9H2,1-5H3. The van der Waals surface area contributed by atoms with Gasteiger partial charge in [0.2, 0.25) is 0 Å². The lowest BCUT2D eigenvalue weighted by Gasteiger charge is -2.28. The molecular weight excluding hydrogens is 222 g/mol. The number of thioether (sulfide) groups is 1. The summed E-state index contributed by atoms with van der Waals surface area (Å²) in [6.07, 6.45) is 3.23. The van der Waals surface area contributed by atoms with Gasteiger partial charge < -0.3 is 9.64 Å². The fraction of sp³-hybridized carbons (Fsp3) is 0.917. The third-order valence-corrected chi connectivity index (χ3v) is 3.42. The average Bonchev–Trinajstić information content (AvgIpc) is 2.25. The smallest absolute Gasteiger partial charge is 0.309 e. The van der Waals surface area contributed by atoms with Crippen LogP contribution in [0.15, 0.2) is 0 Å². The molecule has 0 fully saturated rings. The third-order valence-electron chi connectivity index (χ3n) is 2.70. The van der Waals surface area contributed by atoms with Gasteiger partial charge >= 0.3 is 5.97 Å². The summed E-state index contributed by atoms with van der Waals surface area (Å²) in [4.78, 5) is 13.8. The molecule has 0 heterocycles. The fourth-order valence-electron chi connectivity index (χ4n) is 1.69. The minimum Gasteiger partial charge on any atom is -0.466 e. The minimum atomic E-state index is -0.0895. The van der Waals surface area contributed by atoms with Gasteiger partial charge in [-0.2, -0.15) is 11.8 Å². The van der Waals surface area contributed by atoms with Gasteiger partial charge in [0.15, 0.2) is 0 Å². The first-order valence-electron chi connectivity index (χ1n) is 5.92. The Balaban J connectivity index is 4.09. The van der Waals surface area contributed by atoms with E-state index in [1.807, 2.05) is 25.6 Å². The molecule has 96 valence electrons. The third kappa shape index (κ3) is 5.75. The molecule has 0 radical (unpaired) electrons. The van der Waals surface area contributed by atoms with Crippen molar-refractivity contribution in [2.45, 2.75) is 33.2 Å². The number of carbonyl (C=O) groups excluding carboxylic acids is 1. The summed E-state index contributed by atoms with van der Waals surface area (Å²) >= 11 is 1.85. The van der Waals surface area contributed by atoms with Crippen LogP contribution in [0.3, 0.4) is 0 Å². The van der Waals surface area contributed by atoms with Gasteiger partial charge in [-0.15, -0.1) is 0 Å². The zero-order valence-corrected chi connectivity index (χ0v) is 12.0. The lowest BCUT2D eigenvalue weighted by atomic mass is 10.1. The molecule has 0 aliphatic carbocycles. The number of hydrogen-bond donors (Lipinski definition) is 0. The van der Waals surface area contributed by atoms with Gasteiger partial charge in [-0.3, -0.25) is 4.79 Å². The maximum absolute atomic E-state index is 11.5. The predicted molar refractivity (Wildman–Crippen MR) is 70.9 cm³/mol. The molecule has 4 heteroatoms. The highest BCUT2D eigenvalue weighted by atomic mass is 32.2. The largest absolute Gasteiger partial charge is 0.466 e. The van der Waals surface area contributed by atoms with E-state index in [2.05, 4.69) is 25.1 Å². The van der Waals surface area contributed by atoms with Crippen LogP contribution in [0, 0.1) is 5.92 Å². The molecule has 0 bridgehead atoms. The number of hydrogen-bond acceptors (Lipinski definition) is 4. The first kappa shape index (κ1) is 15.8. The molecule has 0 saturated carbocycles. The van der Waals surface area contributed by atoms with Crippen molar-refractivity contribution in [1.82, 2.24) is 4.90 Å². The second-order valence-electron chi connectivity index (χ2n) is 4.11. The van der Waals surface area contributed by atoms with Crippen LogP contribution in [0.1, 0.15) is 27.2 Å². The van der Waals surface area contributed by atoms with Crippen molar-refractivity contribution in [3.8, 4) is 0 Å². The second kappa shape index (κ2) is 8.88. The molecule has 0 amide bonds. The number of ether oxygens (including phenoxy) is 1. The lowest BCUT2D eigenvalue weighted by Crippen LogP contribution is -2.38. The Morgan fingerprint density at radius 3 is 2.50 bits per heavy atom. The normalized spacial score (nSPS) is 14.9. The van der Waals surface area contributed by atoms with E-state index < -0.39 is 0 Å². The number of carbonyl (C=O) groups is 1. The predicted octanol–water partition coefficient (Wildman–Crippen LogP) is 2.26. The molecule has 0 aromatic heterocycles. The summed E-state index contributed by atoms with van der Waals surface area (Å²) < 4.78 is 5.01. The Kier molecular flexibility index (Phi) is 8.76. The first-order chi connectivity index (χ1) is 7.56. The van der Waals surface area contributed by atoms with Crippen LogP contribution in [0.25, 0.3) is 0 Å². The first-order valence-corrected chi connectivity index (χ1v) is 7.31. The summed E-state index contributed by atoms with van der Waals surface area (Å²) in [6.45, 7) is 7.20. The van der Waals surface area contributed by atoms with Crippen molar-refractivity contribution in [2.24, 2.45) is 5.92 Å². The monoisotopic (exact) mass is 247 g/mol. The molecule has 0 rings (SSSR count). The Labute approximate surface area is 104 Å². The summed E-state index contributed by atoms with van der Waals surface area (Å²) in [5.41, 5.74) is 0. The molecule has 0 aliphatic heterocycles. The molecule has 0 aromatic carbocycles. The summed E-state index contributed by atoms with van der Waals surface area (Å²) in [5.74, 6) is 0.983. The van der Waals surface area contributed by atoms with Crippen molar-refractivity contribution in [3.05, 3.63) is 0 Å². The molecule has 0 N–H and O–H groups in total. The summed E-state index contributed by atoms with van der Waals surface area (Å²) in [5, 5.41) is 0. The number of esters is 1. The molecule has 0 aromatic rings. The van der Waals surface area contributed by atoms with E-state index in [9.17, 15) is 4.79 Å². The Bertz CT molecular complexity index is 199. The zero-order chi connectivity index (χ0) is 12.6. The molecule has 3 nitrogen and oxygen atoms in total. The van der Waals surface area contributed by atoms with Crippen LogP contribution in [0.4, 0.5) is 0 Å². The lowest BCUT2D eigenvalue weighted by molar-refractivity contribution is -0.148. The van der Waals surface area contributed by atoms with Crippen molar-refractivity contribution >= 4 is 17.7 Å². The summed E-state index contributed by atoms with van der Waals surface area (Å²) in [7, 11) is 2.08. The highest BCUT2D eigenvalue weighted by Crippen LogP contribution is 2.11. The van der Waals surface area contributed by atoms with Gasteiger partial charge in [-0.1, -0.05) is 13.8 Å². The summed E-state index contributed by atoms with van der Waals surface area (Å²) in [6, 6.07) is 0.548. The van der Waals surface area contributed by atoms with Crippen LogP contribution in [-0.4, -0.2) is 49.1 Å². The average molecular weight is 247 g/mol. The van der Waals surface area contributed by atoms with E-state index >= 15 is 0 Å². The van der Waals surface area contributed by atoms with Crippen molar-refractivity contribution in [2.75, 3.05) is 32.2 Å². The van der Waals surface area contributed by atoms with Crippen molar-refractivity contribution in [3.63, 3.8) is 0 Å². The highest BCUT2D eigenvalue weighted by molar-refractivity contribution is 7.98. The Morgan fingerprint density at radius 1 is 1.44 bits per heavy atom. The molecule has 0 saturated heterocycles. The van der Waals surface area contributed by atoms with Gasteiger partial charge in [0.25, 0.3) is 0 Å². The maximum atomic E-state index is 11.5. The zero-order valence-electron chi connectivity index (χ0n) is 11.2. The molecule has 0 aliphatic rings. The van der Waals surface area contributed by atoms with E-state index in [4.69, 9.17) is 4.74 Å². The van der Waals surface area contributed by atoms with Crippen LogP contribution in [0.2, 0.25) is 0 Å². The Hall–Kier alpha value is -0.220. The maximum Gasteiger partial charge on any atom is 0.309 e. The SMILES string of the molecule is CCOC(=O)C(C)CN(C)C(CC)CSC. The van der Waals surface area contributed by atoms with E-state index in [-0.39, 0.29) is 11.9 Å².